The summed E-state index contributed by atoms with van der Waals surface area (Å²) in [5, 5.41) is 13.8. The van der Waals surface area contributed by atoms with Crippen molar-refractivity contribution in [1.82, 2.24) is 30.0 Å². The second-order valence-electron chi connectivity index (χ2n) is 15.6. The van der Waals surface area contributed by atoms with E-state index in [2.05, 4.69) is 38.2 Å². The smallest absolute Gasteiger partial charge is 0.410 e. The van der Waals surface area contributed by atoms with Gasteiger partial charge in [0.15, 0.2) is 0 Å². The molecule has 5 atom stereocenters. The number of ether oxygens (including phenoxy) is 1. The number of nitrogens with one attached hydrogen (secondary N) is 3. The van der Waals surface area contributed by atoms with Gasteiger partial charge in [-0.1, -0.05) is 48.6 Å². The maximum atomic E-state index is 14.7. The molecule has 1 aromatic carbocycles. The molecule has 6 aliphatic rings. The number of benzene rings is 1. The van der Waals surface area contributed by atoms with Crippen molar-refractivity contribution in [2.75, 3.05) is 11.9 Å². The lowest BCUT2D eigenvalue weighted by molar-refractivity contribution is -0.141. The zero-order valence-electron chi connectivity index (χ0n) is 29.8. The number of aryl methyl sites for hydroxylation is 2. The van der Waals surface area contributed by atoms with Crippen LogP contribution in [0, 0.1) is 11.8 Å². The molecular formula is C37H47N7O8S. The average molecular weight is 750 g/mol. The predicted molar refractivity (Wildman–Crippen MR) is 190 cm³/mol. The third-order valence-corrected chi connectivity index (χ3v) is 13.7. The van der Waals surface area contributed by atoms with Crippen molar-refractivity contribution in [3.05, 3.63) is 53.4 Å². The Labute approximate surface area is 308 Å². The van der Waals surface area contributed by atoms with Crippen molar-refractivity contribution in [1.29, 1.82) is 0 Å². The average Bonchev–Trinajstić information content (AvgIpc) is 3.77. The minimum absolute atomic E-state index is 0.00568. The minimum Gasteiger partial charge on any atom is -0.444 e. The molecule has 1 aromatic heterocycles. The summed E-state index contributed by atoms with van der Waals surface area (Å²) in [6, 6.07) is 4.36. The van der Waals surface area contributed by atoms with Gasteiger partial charge in [-0.2, -0.15) is 0 Å². The summed E-state index contributed by atoms with van der Waals surface area (Å²) in [7, 11) is -3.88. The van der Waals surface area contributed by atoms with E-state index in [0.29, 0.717) is 38.2 Å². The first-order valence-corrected chi connectivity index (χ1v) is 20.5. The van der Waals surface area contributed by atoms with E-state index in [-0.39, 0.29) is 37.2 Å². The van der Waals surface area contributed by atoms with Gasteiger partial charge in [-0.25, -0.2) is 13.2 Å². The van der Waals surface area contributed by atoms with Crippen LogP contribution in [0.5, 0.6) is 0 Å². The number of anilines is 1. The Bertz CT molecular complexity index is 1910. The van der Waals surface area contributed by atoms with Crippen LogP contribution in [0.15, 0.2) is 35.3 Å². The Morgan fingerprint density at radius 1 is 1.00 bits per heavy atom. The lowest BCUT2D eigenvalue weighted by Crippen LogP contribution is -2.58. The molecule has 0 unspecified atom stereocenters. The van der Waals surface area contributed by atoms with E-state index in [1.165, 1.54) is 16.5 Å². The second kappa shape index (κ2) is 14.1. The number of hydrogen-bond donors (Lipinski definition) is 3. The standard InChI is InChI=1S/C37H47N7O8S/c1-2-25-18-37(25,34(47)42-53(49,50)27-15-16-27)39-32(45)29-17-26-20-44(29)33(46)31(23-10-6-7-11-23)38-35-41-40-30(52-35)14-5-3-4-9-22-12-8-13-24-19-43(21-28(22)24)36(48)51-26/h2,8,12-13,23,25-27,29,31H,1,3-7,9-11,14-21H2,(H,38,41)(H,39,45)(H,42,47)/t25-,26-,29+,31+,37-/m1/s1. The number of aromatic nitrogens is 2. The van der Waals surface area contributed by atoms with E-state index in [9.17, 15) is 27.6 Å². The molecule has 3 aliphatic heterocycles. The van der Waals surface area contributed by atoms with Crippen molar-refractivity contribution < 1.29 is 36.7 Å². The molecule has 53 heavy (non-hydrogen) atoms. The molecule has 1 saturated heterocycles. The normalized spacial score (nSPS) is 29.3. The number of hydrogen-bond acceptors (Lipinski definition) is 11. The van der Waals surface area contributed by atoms with Crippen LogP contribution in [0.4, 0.5) is 10.8 Å². The summed E-state index contributed by atoms with van der Waals surface area (Å²) in [5.74, 6) is -1.93. The maximum Gasteiger partial charge on any atom is 0.410 e. The Hall–Kier alpha value is -4.47. The van der Waals surface area contributed by atoms with Gasteiger partial charge in [0.1, 0.15) is 23.7 Å². The van der Waals surface area contributed by atoms with Crippen molar-refractivity contribution in [3.8, 4) is 0 Å². The molecule has 284 valence electrons. The SMILES string of the molecule is C=C[C@@H]1C[C@]1(NC(=O)[C@@H]1C[C@@H]2CN1C(=O)[C@H](C1CCCC1)Nc1nnc(o1)CCCCCc1cccc3c1CN(C3)C(=O)O2)C(=O)NS(=O)(=O)C1CC1. The second-order valence-corrected chi connectivity index (χ2v) is 17.5. The number of rotatable bonds is 7. The number of carbonyl (C=O) groups is 4. The Kier molecular flexibility index (Phi) is 9.44. The van der Waals surface area contributed by atoms with Crippen molar-refractivity contribution in [2.24, 2.45) is 11.8 Å². The molecule has 0 radical (unpaired) electrons. The third kappa shape index (κ3) is 7.13. The van der Waals surface area contributed by atoms with Crippen LogP contribution in [0.1, 0.15) is 93.2 Å². The number of carbonyl (C=O) groups excluding carboxylic acids is 4. The van der Waals surface area contributed by atoms with E-state index in [0.717, 1.165) is 62.5 Å². The fourth-order valence-electron chi connectivity index (χ4n) is 8.63. The highest BCUT2D eigenvalue weighted by molar-refractivity contribution is 7.91. The van der Waals surface area contributed by atoms with E-state index in [1.807, 2.05) is 12.1 Å². The zero-order chi connectivity index (χ0) is 36.9. The first-order chi connectivity index (χ1) is 25.5. The van der Waals surface area contributed by atoms with Gasteiger partial charge in [-0.05, 0) is 74.0 Å². The van der Waals surface area contributed by atoms with Gasteiger partial charge in [-0.3, -0.25) is 24.0 Å². The number of nitrogens with zero attached hydrogens (tertiary/aromatic N) is 4. The van der Waals surface area contributed by atoms with Crippen molar-refractivity contribution >= 4 is 39.9 Å². The van der Waals surface area contributed by atoms with Gasteiger partial charge in [-0.15, -0.1) is 11.7 Å². The molecule has 4 heterocycles. The molecule has 4 fully saturated rings. The molecule has 8 rings (SSSR count). The predicted octanol–water partition coefficient (Wildman–Crippen LogP) is 3.10. The lowest BCUT2D eigenvalue weighted by Gasteiger charge is -2.31. The highest BCUT2D eigenvalue weighted by Gasteiger charge is 2.62. The summed E-state index contributed by atoms with van der Waals surface area (Å²) in [6.45, 7) is 4.55. The summed E-state index contributed by atoms with van der Waals surface area (Å²) in [5.41, 5.74) is 1.86. The number of sulfonamides is 1. The zero-order valence-corrected chi connectivity index (χ0v) is 30.6. The van der Waals surface area contributed by atoms with Crippen LogP contribution < -0.4 is 15.4 Å². The summed E-state index contributed by atoms with van der Waals surface area (Å²) >= 11 is 0. The third-order valence-electron chi connectivity index (χ3n) is 11.9. The molecule has 3 saturated carbocycles. The molecule has 3 aliphatic carbocycles. The quantitative estimate of drug-likeness (QED) is 0.353. The van der Waals surface area contributed by atoms with Crippen LogP contribution in [-0.4, -0.2) is 87.8 Å². The Morgan fingerprint density at radius 3 is 2.53 bits per heavy atom. The van der Waals surface area contributed by atoms with Crippen molar-refractivity contribution in [2.45, 2.75) is 126 Å². The molecule has 4 amide bonds. The molecule has 0 spiro atoms. The number of amides is 4. The van der Waals surface area contributed by atoms with Gasteiger partial charge < -0.3 is 24.7 Å². The summed E-state index contributed by atoms with van der Waals surface area (Å²) in [6.07, 6.45) is 8.97. The van der Waals surface area contributed by atoms with Crippen LogP contribution in [0.2, 0.25) is 0 Å². The molecule has 15 nitrogen and oxygen atoms in total. The number of fused-ring (bicyclic) bond motifs is 5. The highest BCUT2D eigenvalue weighted by Crippen LogP contribution is 2.45. The van der Waals surface area contributed by atoms with Gasteiger partial charge >= 0.3 is 12.1 Å². The Balaban J connectivity index is 1.08. The van der Waals surface area contributed by atoms with Gasteiger partial charge in [0, 0.05) is 31.8 Å². The van der Waals surface area contributed by atoms with Crippen LogP contribution in [0.25, 0.3) is 0 Å². The van der Waals surface area contributed by atoms with Gasteiger partial charge in [0.05, 0.1) is 11.8 Å². The summed E-state index contributed by atoms with van der Waals surface area (Å²) < 4.78 is 39.6. The monoisotopic (exact) mass is 749 g/mol. The lowest BCUT2D eigenvalue weighted by atomic mass is 9.96. The molecule has 6 bridgehead atoms. The Morgan fingerprint density at radius 2 is 1.77 bits per heavy atom. The van der Waals surface area contributed by atoms with Crippen LogP contribution >= 0.6 is 0 Å². The van der Waals surface area contributed by atoms with Gasteiger partial charge in [0.25, 0.3) is 5.91 Å². The first-order valence-electron chi connectivity index (χ1n) is 19.0. The van der Waals surface area contributed by atoms with Crippen LogP contribution in [-0.2, 0) is 55.1 Å². The first kappa shape index (κ1) is 35.6. The van der Waals surface area contributed by atoms with E-state index in [1.54, 1.807) is 4.90 Å². The van der Waals surface area contributed by atoms with Crippen molar-refractivity contribution in [3.63, 3.8) is 0 Å². The molecular weight excluding hydrogens is 703 g/mol. The topological polar surface area (TPSA) is 193 Å². The highest BCUT2D eigenvalue weighted by atomic mass is 32.2. The molecule has 16 heteroatoms. The van der Waals surface area contributed by atoms with E-state index >= 15 is 0 Å². The van der Waals surface area contributed by atoms with Gasteiger partial charge in [0.2, 0.25) is 27.7 Å². The molecule has 2 aromatic rings. The largest absolute Gasteiger partial charge is 0.444 e. The van der Waals surface area contributed by atoms with E-state index < -0.39 is 62.8 Å². The fourth-order valence-corrected chi connectivity index (χ4v) is 9.99. The minimum atomic E-state index is -3.88. The molecule has 3 N–H and O–H groups in total. The maximum absolute atomic E-state index is 14.7. The van der Waals surface area contributed by atoms with E-state index in [4.69, 9.17) is 9.15 Å². The fraction of sp³-hybridized carbons (Fsp3) is 0.622. The van der Waals surface area contributed by atoms with Crippen LogP contribution in [0.3, 0.4) is 0 Å². The summed E-state index contributed by atoms with van der Waals surface area (Å²) in [4.78, 5) is 59.3.